The van der Waals surface area contributed by atoms with Crippen LogP contribution in [0.2, 0.25) is 0 Å². The van der Waals surface area contributed by atoms with Crippen molar-refractivity contribution in [1.29, 1.82) is 0 Å². The first-order valence-electron chi connectivity index (χ1n) is 33.8. The van der Waals surface area contributed by atoms with E-state index in [9.17, 15) is 19.0 Å². The van der Waals surface area contributed by atoms with Gasteiger partial charge in [-0.1, -0.05) is 274 Å². The third-order valence-corrected chi connectivity index (χ3v) is 15.9. The highest BCUT2D eigenvalue weighted by atomic mass is 31.2. The largest absolute Gasteiger partial charge is 0.472 e. The first-order valence-corrected chi connectivity index (χ1v) is 35.3. The second-order valence-electron chi connectivity index (χ2n) is 24.0. The number of ether oxygens (including phenoxy) is 1. The molecule has 0 aromatic rings. The number of esters is 1. The van der Waals surface area contributed by atoms with E-state index >= 15 is 0 Å². The van der Waals surface area contributed by atoms with Gasteiger partial charge in [0.05, 0.1) is 33.8 Å². The zero-order valence-electron chi connectivity index (χ0n) is 53.3. The summed E-state index contributed by atoms with van der Waals surface area (Å²) in [6, 6.07) is -0.856. The second kappa shape index (κ2) is 59.6. The Morgan fingerprint density at radius 1 is 0.450 bits per heavy atom. The van der Waals surface area contributed by atoms with Gasteiger partial charge in [0.2, 0.25) is 5.91 Å². The van der Waals surface area contributed by atoms with Gasteiger partial charge in [0.25, 0.3) is 0 Å². The SMILES string of the molecule is CC/C=C/C/C=C/C/C=C/CCCCCCCCC(=O)NC(COP(=O)(O)OCC[N+](C)(C)C)C(/C=C\CCCCCCCCCCC)OC(=O)CCCCCCCCCCCCCCCCCCC/C=C\C/C=C\CCCCC. The van der Waals surface area contributed by atoms with E-state index in [0.29, 0.717) is 17.4 Å². The fraction of sp³-hybridized carbons (Fsp3) is 0.800. The zero-order chi connectivity index (χ0) is 58.6. The van der Waals surface area contributed by atoms with E-state index in [-0.39, 0.29) is 31.5 Å². The Morgan fingerprint density at radius 2 is 0.800 bits per heavy atom. The molecule has 9 nitrogen and oxygen atoms in total. The van der Waals surface area contributed by atoms with Crippen molar-refractivity contribution >= 4 is 19.7 Å². The summed E-state index contributed by atoms with van der Waals surface area (Å²) >= 11 is 0. The van der Waals surface area contributed by atoms with E-state index in [2.05, 4.69) is 86.8 Å². The van der Waals surface area contributed by atoms with E-state index in [1.165, 1.54) is 180 Å². The van der Waals surface area contributed by atoms with Crippen molar-refractivity contribution in [2.24, 2.45) is 0 Å². The fourth-order valence-electron chi connectivity index (χ4n) is 9.69. The van der Waals surface area contributed by atoms with Crippen molar-refractivity contribution < 1.29 is 37.3 Å². The van der Waals surface area contributed by atoms with Crippen LogP contribution in [0.15, 0.2) is 72.9 Å². The molecule has 80 heavy (non-hydrogen) atoms. The van der Waals surface area contributed by atoms with Gasteiger partial charge in [-0.05, 0) is 96.0 Å². The molecule has 0 saturated carbocycles. The second-order valence-corrected chi connectivity index (χ2v) is 25.4. The monoisotopic (exact) mass is 1140 g/mol. The summed E-state index contributed by atoms with van der Waals surface area (Å²) in [7, 11) is 1.49. The smallest absolute Gasteiger partial charge is 0.456 e. The van der Waals surface area contributed by atoms with E-state index in [0.717, 1.165) is 96.3 Å². The van der Waals surface area contributed by atoms with Gasteiger partial charge in [-0.25, -0.2) is 4.57 Å². The molecule has 10 heteroatoms. The molecule has 0 fully saturated rings. The van der Waals surface area contributed by atoms with Gasteiger partial charge in [-0.2, -0.15) is 0 Å². The molecular weight excluding hydrogens is 1010 g/mol. The van der Waals surface area contributed by atoms with Crippen molar-refractivity contribution in [3.05, 3.63) is 72.9 Å². The summed E-state index contributed by atoms with van der Waals surface area (Å²) in [6.07, 6.45) is 77.8. The van der Waals surface area contributed by atoms with E-state index in [1.807, 2.05) is 33.3 Å². The first kappa shape index (κ1) is 77.5. The number of hydrogen-bond donors (Lipinski definition) is 2. The fourth-order valence-corrected chi connectivity index (χ4v) is 10.4. The lowest BCUT2D eigenvalue weighted by molar-refractivity contribution is -0.870. The number of quaternary nitrogens is 1. The Hall–Kier alpha value is -2.55. The molecule has 0 aliphatic heterocycles. The highest BCUT2D eigenvalue weighted by Crippen LogP contribution is 2.43. The molecule has 2 N–H and O–H groups in total. The Kier molecular flexibility index (Phi) is 57.7. The number of phosphoric acid groups is 1. The molecule has 466 valence electrons. The van der Waals surface area contributed by atoms with Crippen molar-refractivity contribution in [3.8, 4) is 0 Å². The van der Waals surface area contributed by atoms with Crippen LogP contribution in [0.1, 0.15) is 310 Å². The van der Waals surface area contributed by atoms with Crippen LogP contribution in [0, 0.1) is 0 Å². The van der Waals surface area contributed by atoms with E-state index < -0.39 is 20.0 Å². The molecule has 0 heterocycles. The van der Waals surface area contributed by atoms with Gasteiger partial charge in [0.1, 0.15) is 19.3 Å². The molecule has 0 aliphatic rings. The predicted molar refractivity (Wildman–Crippen MR) is 346 cm³/mol. The molecule has 0 aromatic heterocycles. The lowest BCUT2D eigenvalue weighted by atomic mass is 10.0. The third kappa shape index (κ3) is 60.1. The summed E-state index contributed by atoms with van der Waals surface area (Å²) in [5, 5.41) is 3.05. The Bertz CT molecular complexity index is 1600. The first-order chi connectivity index (χ1) is 38.9. The standard InChI is InChI=1S/C70H129N2O7P/c1-7-10-13-16-19-22-25-27-29-31-32-33-34-35-36-37-38-39-40-41-43-45-48-51-54-57-60-63-70(74)79-68(61-58-55-52-49-46-24-21-18-15-12-9-3)67(66-78-80(75,76)77-65-64-72(4,5)6)71-69(73)62-59-56-53-50-47-44-42-30-28-26-23-20-17-14-11-8-2/h11,14,19-20,22-23,27-30,58,61,67-68H,7-10,12-13,15-18,21,24-26,31-57,59-60,62-66H2,1-6H3,(H-,71,73,75,76)/p+1/b14-11+,22-19-,23-20+,29-27-,30-28+,61-58-. The number of unbranched alkanes of at least 4 members (excludes halogenated alkanes) is 35. The minimum atomic E-state index is -4.45. The van der Waals surface area contributed by atoms with Crippen LogP contribution in [0.25, 0.3) is 0 Å². The van der Waals surface area contributed by atoms with Crippen LogP contribution in [0.4, 0.5) is 0 Å². The lowest BCUT2D eigenvalue weighted by Gasteiger charge is -2.27. The number of carbonyl (C=O) groups excluding carboxylic acids is 2. The van der Waals surface area contributed by atoms with Gasteiger partial charge in [0.15, 0.2) is 0 Å². The lowest BCUT2D eigenvalue weighted by Crippen LogP contribution is -2.47. The number of carbonyl (C=O) groups is 2. The van der Waals surface area contributed by atoms with Crippen LogP contribution in [-0.4, -0.2) is 74.3 Å². The summed E-state index contributed by atoms with van der Waals surface area (Å²) in [5.41, 5.74) is 0. The third-order valence-electron chi connectivity index (χ3n) is 14.9. The molecule has 0 aliphatic carbocycles. The summed E-state index contributed by atoms with van der Waals surface area (Å²) in [4.78, 5) is 37.8. The number of amides is 1. The van der Waals surface area contributed by atoms with Gasteiger partial charge < -0.3 is 19.4 Å². The molecular formula is C70H130N2O7P+. The molecule has 3 unspecified atom stereocenters. The minimum Gasteiger partial charge on any atom is -0.456 e. The minimum absolute atomic E-state index is 0.0363. The molecule has 0 saturated heterocycles. The maximum atomic E-state index is 13.5. The molecule has 0 bridgehead atoms. The number of nitrogens with one attached hydrogen (secondary N) is 1. The number of hydrogen-bond acceptors (Lipinski definition) is 6. The number of likely N-dealkylation sites (N-methyl/N-ethyl adjacent to an activating group) is 1. The van der Waals surface area contributed by atoms with Crippen molar-refractivity contribution in [3.63, 3.8) is 0 Å². The van der Waals surface area contributed by atoms with Gasteiger partial charge >= 0.3 is 13.8 Å². The van der Waals surface area contributed by atoms with Crippen LogP contribution in [-0.2, 0) is 27.9 Å². The Balaban J connectivity index is 5.00. The molecule has 1 amide bonds. The number of allylic oxidation sites excluding steroid dienone is 11. The zero-order valence-corrected chi connectivity index (χ0v) is 54.2. The van der Waals surface area contributed by atoms with Crippen molar-refractivity contribution in [2.45, 2.75) is 322 Å². The molecule has 0 radical (unpaired) electrons. The van der Waals surface area contributed by atoms with Gasteiger partial charge in [-0.3, -0.25) is 18.6 Å². The highest BCUT2D eigenvalue weighted by Gasteiger charge is 2.30. The average molecular weight is 1140 g/mol. The number of phosphoric ester groups is 1. The summed E-state index contributed by atoms with van der Waals surface area (Å²) in [5.74, 6) is -0.513. The summed E-state index contributed by atoms with van der Waals surface area (Å²) < 4.78 is 30.7. The number of rotatable bonds is 61. The normalized spacial score (nSPS) is 14.0. The number of nitrogens with zero attached hydrogens (tertiary/aromatic N) is 1. The quantitative estimate of drug-likeness (QED) is 0.0205. The van der Waals surface area contributed by atoms with Gasteiger partial charge in [0, 0.05) is 12.8 Å². The molecule has 0 spiro atoms. The molecule has 0 rings (SSSR count). The van der Waals surface area contributed by atoms with Gasteiger partial charge in [-0.15, -0.1) is 0 Å². The van der Waals surface area contributed by atoms with Crippen LogP contribution in [0.5, 0.6) is 0 Å². The van der Waals surface area contributed by atoms with E-state index in [4.69, 9.17) is 13.8 Å². The van der Waals surface area contributed by atoms with E-state index in [1.54, 1.807) is 0 Å². The Morgan fingerprint density at radius 3 is 1.23 bits per heavy atom. The van der Waals surface area contributed by atoms with Crippen LogP contribution in [0.3, 0.4) is 0 Å². The van der Waals surface area contributed by atoms with Crippen LogP contribution >= 0.6 is 7.82 Å². The van der Waals surface area contributed by atoms with Crippen molar-refractivity contribution in [1.82, 2.24) is 5.32 Å². The van der Waals surface area contributed by atoms with Crippen LogP contribution < -0.4 is 5.32 Å². The average Bonchev–Trinajstić information content (AvgIpc) is 3.43. The molecule has 3 atom stereocenters. The topological polar surface area (TPSA) is 111 Å². The predicted octanol–water partition coefficient (Wildman–Crippen LogP) is 21.2. The Labute approximate surface area is 495 Å². The molecule has 0 aromatic carbocycles. The maximum Gasteiger partial charge on any atom is 0.472 e. The maximum absolute atomic E-state index is 13.5. The van der Waals surface area contributed by atoms with Crippen molar-refractivity contribution in [2.75, 3.05) is 40.9 Å². The summed E-state index contributed by atoms with van der Waals surface area (Å²) in [6.45, 7) is 6.88. The highest BCUT2D eigenvalue weighted by molar-refractivity contribution is 7.47.